The van der Waals surface area contributed by atoms with Crippen LogP contribution in [0.2, 0.25) is 10.0 Å². The zero-order valence-electron chi connectivity index (χ0n) is 20.9. The molecule has 0 aliphatic carbocycles. The number of ether oxygens (including phenoxy) is 1. The van der Waals surface area contributed by atoms with E-state index >= 15 is 0 Å². The summed E-state index contributed by atoms with van der Waals surface area (Å²) in [5, 5.41) is 1.01. The third-order valence-corrected chi connectivity index (χ3v) is 7.08. The second-order valence-corrected chi connectivity index (χ2v) is 11.2. The highest BCUT2D eigenvalue weighted by Gasteiger charge is 2.41. The summed E-state index contributed by atoms with van der Waals surface area (Å²) >= 11 is 12.3. The molecule has 0 aromatic heterocycles. The number of halogens is 3. The normalized spacial score (nSPS) is 16.5. The first-order valence-electron chi connectivity index (χ1n) is 11.8. The van der Waals surface area contributed by atoms with Crippen molar-refractivity contribution in [3.63, 3.8) is 0 Å². The third-order valence-electron chi connectivity index (χ3n) is 6.64. The Morgan fingerprint density at radius 2 is 1.71 bits per heavy atom. The van der Waals surface area contributed by atoms with Crippen LogP contribution in [0.15, 0.2) is 42.5 Å². The smallest absolute Gasteiger partial charge is 0.410 e. The fourth-order valence-electron chi connectivity index (χ4n) is 4.50. The number of likely N-dealkylation sites (tertiary alicyclic amines) is 1. The highest BCUT2D eigenvalue weighted by Crippen LogP contribution is 2.40. The van der Waals surface area contributed by atoms with Gasteiger partial charge < -0.3 is 14.5 Å². The van der Waals surface area contributed by atoms with E-state index in [2.05, 4.69) is 0 Å². The van der Waals surface area contributed by atoms with Crippen molar-refractivity contribution < 1.29 is 18.7 Å². The summed E-state index contributed by atoms with van der Waals surface area (Å²) in [6.45, 7) is 8.24. The summed E-state index contributed by atoms with van der Waals surface area (Å²) in [6, 6.07) is 11.4. The minimum Gasteiger partial charge on any atom is -0.444 e. The van der Waals surface area contributed by atoms with E-state index in [4.69, 9.17) is 27.9 Å². The monoisotopic (exact) mass is 522 g/mol. The molecule has 190 valence electrons. The van der Waals surface area contributed by atoms with Crippen LogP contribution >= 0.6 is 23.2 Å². The Balaban J connectivity index is 1.82. The van der Waals surface area contributed by atoms with Crippen LogP contribution in [0, 0.1) is 5.82 Å². The summed E-state index contributed by atoms with van der Waals surface area (Å²) in [6.07, 6.45) is 0.854. The fourth-order valence-corrected chi connectivity index (χ4v) is 5.04. The average molecular weight is 523 g/mol. The second kappa shape index (κ2) is 10.8. The molecule has 0 bridgehead atoms. The lowest BCUT2D eigenvalue weighted by atomic mass is 9.70. The van der Waals surface area contributed by atoms with Gasteiger partial charge in [-0.3, -0.25) is 4.79 Å². The molecule has 0 spiro atoms. The highest BCUT2D eigenvalue weighted by molar-refractivity contribution is 6.34. The van der Waals surface area contributed by atoms with Crippen molar-refractivity contribution >= 4 is 35.2 Å². The van der Waals surface area contributed by atoms with Crippen molar-refractivity contribution in [2.45, 2.75) is 64.0 Å². The van der Waals surface area contributed by atoms with Crippen LogP contribution in [-0.4, -0.2) is 47.5 Å². The zero-order valence-corrected chi connectivity index (χ0v) is 22.4. The van der Waals surface area contributed by atoms with Gasteiger partial charge in [-0.1, -0.05) is 35.3 Å². The molecule has 2 aromatic rings. The molecule has 2 aromatic carbocycles. The standard InChI is InChI=1S/C27H33Cl2FN2O3/c1-18(19-13-21(28)16-22(29)14-19)31(5)24(33)17-27(20-7-6-8-23(30)15-20)9-11-32(12-10-27)25(34)35-26(2,3)4/h6-8,13-16,18H,9-12,17H2,1-5H3. The van der Waals surface area contributed by atoms with E-state index in [0.29, 0.717) is 36.0 Å². The van der Waals surface area contributed by atoms with E-state index in [-0.39, 0.29) is 30.3 Å². The molecule has 1 atom stereocenters. The largest absolute Gasteiger partial charge is 0.444 e. The van der Waals surface area contributed by atoms with Crippen LogP contribution in [-0.2, 0) is 14.9 Å². The van der Waals surface area contributed by atoms with Gasteiger partial charge in [0.25, 0.3) is 0 Å². The molecule has 0 saturated carbocycles. The SMILES string of the molecule is CC(c1cc(Cl)cc(Cl)c1)N(C)C(=O)CC1(c2cccc(F)c2)CCN(C(=O)OC(C)(C)C)CC1. The van der Waals surface area contributed by atoms with Crippen molar-refractivity contribution in [3.8, 4) is 0 Å². The average Bonchev–Trinajstić information content (AvgIpc) is 2.76. The number of benzene rings is 2. The molecule has 5 nitrogen and oxygen atoms in total. The molecule has 35 heavy (non-hydrogen) atoms. The number of hydrogen-bond donors (Lipinski definition) is 0. The van der Waals surface area contributed by atoms with Crippen molar-refractivity contribution in [3.05, 3.63) is 69.5 Å². The van der Waals surface area contributed by atoms with Crippen molar-refractivity contribution in [2.24, 2.45) is 0 Å². The summed E-state index contributed by atoms with van der Waals surface area (Å²) in [5.74, 6) is -0.428. The first kappa shape index (κ1) is 27.3. The number of nitrogens with zero attached hydrogens (tertiary/aromatic N) is 2. The zero-order chi connectivity index (χ0) is 26.0. The molecule has 1 unspecified atom stereocenters. The lowest BCUT2D eigenvalue weighted by molar-refractivity contribution is -0.133. The van der Waals surface area contributed by atoms with E-state index in [1.807, 2.05) is 33.8 Å². The summed E-state index contributed by atoms with van der Waals surface area (Å²) in [7, 11) is 1.75. The minimum absolute atomic E-state index is 0.0800. The number of piperidine rings is 1. The molecule has 0 N–H and O–H groups in total. The highest BCUT2D eigenvalue weighted by atomic mass is 35.5. The van der Waals surface area contributed by atoms with Gasteiger partial charge in [-0.25, -0.2) is 9.18 Å². The van der Waals surface area contributed by atoms with Crippen molar-refractivity contribution in [1.82, 2.24) is 9.80 Å². The Morgan fingerprint density at radius 3 is 2.26 bits per heavy atom. The summed E-state index contributed by atoms with van der Waals surface area (Å²) in [5.41, 5.74) is 0.406. The number of carbonyl (C=O) groups excluding carboxylic acids is 2. The van der Waals surface area contributed by atoms with E-state index < -0.39 is 11.0 Å². The van der Waals surface area contributed by atoms with Gasteiger partial charge in [0.05, 0.1) is 6.04 Å². The number of amides is 2. The predicted molar refractivity (Wildman–Crippen MR) is 137 cm³/mol. The molecular formula is C27H33Cl2FN2O3. The maximum absolute atomic E-state index is 14.2. The second-order valence-electron chi connectivity index (χ2n) is 10.3. The molecule has 2 amide bonds. The first-order valence-corrected chi connectivity index (χ1v) is 12.5. The summed E-state index contributed by atoms with van der Waals surface area (Å²) in [4.78, 5) is 29.4. The Labute approximate surface area is 217 Å². The van der Waals surface area contributed by atoms with Crippen LogP contribution < -0.4 is 0 Å². The third kappa shape index (κ3) is 6.89. The Hall–Kier alpha value is -2.31. The number of carbonyl (C=O) groups is 2. The van der Waals surface area contributed by atoms with Crippen LogP contribution in [0.5, 0.6) is 0 Å². The van der Waals surface area contributed by atoms with Crippen LogP contribution in [0.25, 0.3) is 0 Å². The molecule has 3 rings (SSSR count). The topological polar surface area (TPSA) is 49.9 Å². The van der Waals surface area contributed by atoms with Gasteiger partial charge in [-0.05, 0) is 82.0 Å². The van der Waals surface area contributed by atoms with Gasteiger partial charge >= 0.3 is 6.09 Å². The van der Waals surface area contributed by atoms with E-state index in [1.54, 1.807) is 41.1 Å². The molecule has 1 fully saturated rings. The van der Waals surface area contributed by atoms with Crippen molar-refractivity contribution in [2.75, 3.05) is 20.1 Å². The first-order chi connectivity index (χ1) is 16.3. The lowest BCUT2D eigenvalue weighted by Crippen LogP contribution is -2.48. The van der Waals surface area contributed by atoms with Gasteiger partial charge in [0.1, 0.15) is 11.4 Å². The molecule has 1 heterocycles. The van der Waals surface area contributed by atoms with Gasteiger partial charge in [0.15, 0.2) is 0 Å². The maximum Gasteiger partial charge on any atom is 0.410 e. The Morgan fingerprint density at radius 1 is 1.11 bits per heavy atom. The van der Waals surface area contributed by atoms with Crippen LogP contribution in [0.3, 0.4) is 0 Å². The number of rotatable bonds is 5. The quantitative estimate of drug-likeness (QED) is 0.424. The number of hydrogen-bond acceptors (Lipinski definition) is 3. The fraction of sp³-hybridized carbons (Fsp3) is 0.481. The molecule has 1 aliphatic rings. The summed E-state index contributed by atoms with van der Waals surface area (Å²) < 4.78 is 19.7. The lowest BCUT2D eigenvalue weighted by Gasteiger charge is -2.43. The molecule has 8 heteroatoms. The minimum atomic E-state index is -0.600. The Bertz CT molecular complexity index is 1060. The van der Waals surface area contributed by atoms with Gasteiger partial charge in [0.2, 0.25) is 5.91 Å². The Kier molecular flexibility index (Phi) is 8.38. The molecule has 0 radical (unpaired) electrons. The van der Waals surface area contributed by atoms with Gasteiger partial charge in [-0.15, -0.1) is 0 Å². The maximum atomic E-state index is 14.2. The molecule has 1 aliphatic heterocycles. The predicted octanol–water partition coefficient (Wildman–Crippen LogP) is 7.01. The molecular weight excluding hydrogens is 490 g/mol. The van der Waals surface area contributed by atoms with Gasteiger partial charge in [-0.2, -0.15) is 0 Å². The van der Waals surface area contributed by atoms with Crippen molar-refractivity contribution in [1.29, 1.82) is 0 Å². The van der Waals surface area contributed by atoms with E-state index in [9.17, 15) is 14.0 Å². The van der Waals surface area contributed by atoms with E-state index in [1.165, 1.54) is 12.1 Å². The van der Waals surface area contributed by atoms with Crippen LogP contribution in [0.1, 0.15) is 64.1 Å². The van der Waals surface area contributed by atoms with Crippen LogP contribution in [0.4, 0.5) is 9.18 Å². The van der Waals surface area contributed by atoms with E-state index in [0.717, 1.165) is 11.1 Å². The van der Waals surface area contributed by atoms with Gasteiger partial charge in [0, 0.05) is 42.0 Å². The molecule has 1 saturated heterocycles.